The molecule has 1 amide bonds. The standard InChI is InChI=1S/C26H22F6N2O4/c1-37-19-5-2-6-20(13-19)38-21-9-7-16-12-18(24(36,25(27,28)29)26(30,31)32)8-10-22(16)34(15-21)23(35)17-4-3-11-33-14-17/h2-6,8,10-14,21,36H,7,9,15H2,1H3. The van der Waals surface area contributed by atoms with Crippen molar-refractivity contribution in [3.05, 3.63) is 83.7 Å². The Morgan fingerprint density at radius 1 is 1.00 bits per heavy atom. The number of aromatic nitrogens is 1. The predicted molar refractivity (Wildman–Crippen MR) is 124 cm³/mol. The van der Waals surface area contributed by atoms with Gasteiger partial charge in [0.2, 0.25) is 0 Å². The Bertz CT molecular complexity index is 1280. The number of fused-ring (bicyclic) bond motifs is 1. The van der Waals surface area contributed by atoms with Crippen molar-refractivity contribution < 1.29 is 45.7 Å². The van der Waals surface area contributed by atoms with Crippen LogP contribution < -0.4 is 14.4 Å². The van der Waals surface area contributed by atoms with Crippen molar-refractivity contribution in [1.82, 2.24) is 4.98 Å². The van der Waals surface area contributed by atoms with E-state index in [0.29, 0.717) is 23.6 Å². The Kier molecular flexibility index (Phi) is 7.29. The van der Waals surface area contributed by atoms with Gasteiger partial charge in [-0.05, 0) is 48.7 Å². The van der Waals surface area contributed by atoms with Crippen molar-refractivity contribution in [2.45, 2.75) is 36.9 Å². The highest BCUT2D eigenvalue weighted by Crippen LogP contribution is 2.50. The topological polar surface area (TPSA) is 71.9 Å². The molecule has 2 heterocycles. The lowest BCUT2D eigenvalue weighted by molar-refractivity contribution is -0.376. The lowest BCUT2D eigenvalue weighted by Gasteiger charge is -2.33. The van der Waals surface area contributed by atoms with E-state index >= 15 is 0 Å². The zero-order valence-corrected chi connectivity index (χ0v) is 19.9. The number of alkyl halides is 6. The second kappa shape index (κ2) is 10.2. The van der Waals surface area contributed by atoms with Crippen molar-refractivity contribution in [3.8, 4) is 11.5 Å². The maximum atomic E-state index is 13.5. The molecule has 0 saturated carbocycles. The van der Waals surface area contributed by atoms with E-state index in [1.807, 2.05) is 0 Å². The highest BCUT2D eigenvalue weighted by Gasteiger charge is 2.71. The molecule has 0 spiro atoms. The smallest absolute Gasteiger partial charge is 0.430 e. The number of amides is 1. The van der Waals surface area contributed by atoms with Gasteiger partial charge in [-0.25, -0.2) is 0 Å². The minimum absolute atomic E-state index is 0.0170. The average Bonchev–Trinajstić information content (AvgIpc) is 3.06. The Morgan fingerprint density at radius 2 is 1.71 bits per heavy atom. The summed E-state index contributed by atoms with van der Waals surface area (Å²) >= 11 is 0. The Hall–Kier alpha value is -3.80. The number of hydrogen-bond donors (Lipinski definition) is 1. The minimum Gasteiger partial charge on any atom is -0.497 e. The van der Waals surface area contributed by atoms with Crippen LogP contribution in [0, 0.1) is 0 Å². The van der Waals surface area contributed by atoms with Gasteiger partial charge in [-0.2, -0.15) is 26.3 Å². The first-order valence-corrected chi connectivity index (χ1v) is 11.4. The Labute approximate surface area is 213 Å². The molecule has 6 nitrogen and oxygen atoms in total. The highest BCUT2D eigenvalue weighted by atomic mass is 19.4. The first kappa shape index (κ1) is 27.2. The number of aryl methyl sites for hydroxylation is 1. The fourth-order valence-corrected chi connectivity index (χ4v) is 4.27. The fourth-order valence-electron chi connectivity index (χ4n) is 4.27. The number of ether oxygens (including phenoxy) is 2. The normalized spacial score (nSPS) is 16.4. The zero-order valence-electron chi connectivity index (χ0n) is 19.9. The summed E-state index contributed by atoms with van der Waals surface area (Å²) in [5.41, 5.74) is -6.20. The molecule has 3 aromatic rings. The van der Waals surface area contributed by atoms with Crippen LogP contribution in [-0.4, -0.2) is 48.1 Å². The summed E-state index contributed by atoms with van der Waals surface area (Å²) in [6.45, 7) is -0.0555. The maximum absolute atomic E-state index is 13.5. The van der Waals surface area contributed by atoms with Crippen LogP contribution in [0.25, 0.3) is 0 Å². The third-order valence-electron chi connectivity index (χ3n) is 6.23. The van der Waals surface area contributed by atoms with Gasteiger partial charge in [-0.3, -0.25) is 9.78 Å². The lowest BCUT2D eigenvalue weighted by Crippen LogP contribution is -2.54. The van der Waals surface area contributed by atoms with Gasteiger partial charge in [0.1, 0.15) is 17.6 Å². The van der Waals surface area contributed by atoms with Crippen LogP contribution in [0.3, 0.4) is 0 Å². The molecule has 1 unspecified atom stereocenters. The first-order valence-electron chi connectivity index (χ1n) is 11.4. The molecule has 1 N–H and O–H groups in total. The molecule has 1 aliphatic heterocycles. The quantitative estimate of drug-likeness (QED) is 0.437. The lowest BCUT2D eigenvalue weighted by atomic mass is 9.89. The number of hydrogen-bond acceptors (Lipinski definition) is 5. The van der Waals surface area contributed by atoms with Crippen LogP contribution in [0.1, 0.15) is 27.9 Å². The number of carbonyl (C=O) groups excluding carboxylic acids is 1. The van der Waals surface area contributed by atoms with E-state index < -0.39 is 35.5 Å². The van der Waals surface area contributed by atoms with Crippen molar-refractivity contribution in [1.29, 1.82) is 0 Å². The van der Waals surface area contributed by atoms with Crippen LogP contribution in [0.4, 0.5) is 32.0 Å². The van der Waals surface area contributed by atoms with Gasteiger partial charge >= 0.3 is 12.4 Å². The monoisotopic (exact) mass is 540 g/mol. The van der Waals surface area contributed by atoms with Gasteiger partial charge in [0.15, 0.2) is 0 Å². The third kappa shape index (κ3) is 5.13. The van der Waals surface area contributed by atoms with E-state index in [-0.39, 0.29) is 36.2 Å². The molecular formula is C26H22F6N2O4. The van der Waals surface area contributed by atoms with Crippen LogP contribution in [0.5, 0.6) is 11.5 Å². The summed E-state index contributed by atoms with van der Waals surface area (Å²) < 4.78 is 92.3. The minimum atomic E-state index is -6.03. The van der Waals surface area contributed by atoms with Gasteiger partial charge in [0, 0.05) is 29.7 Å². The molecule has 1 aromatic heterocycles. The molecule has 1 atom stereocenters. The molecular weight excluding hydrogens is 518 g/mol. The van der Waals surface area contributed by atoms with Gasteiger partial charge < -0.3 is 19.5 Å². The van der Waals surface area contributed by atoms with Crippen molar-refractivity contribution >= 4 is 11.6 Å². The average molecular weight is 540 g/mol. The Morgan fingerprint density at radius 3 is 2.34 bits per heavy atom. The highest BCUT2D eigenvalue weighted by molar-refractivity contribution is 6.06. The van der Waals surface area contributed by atoms with E-state index in [9.17, 15) is 36.2 Å². The zero-order chi connectivity index (χ0) is 27.7. The molecule has 0 bridgehead atoms. The van der Waals surface area contributed by atoms with Crippen molar-refractivity contribution in [2.24, 2.45) is 0 Å². The van der Waals surface area contributed by atoms with Gasteiger partial charge in [-0.15, -0.1) is 0 Å². The van der Waals surface area contributed by atoms with Gasteiger partial charge in [0.25, 0.3) is 11.5 Å². The summed E-state index contributed by atoms with van der Waals surface area (Å²) in [5.74, 6) is 0.333. The maximum Gasteiger partial charge on any atom is 0.430 e. The third-order valence-corrected chi connectivity index (χ3v) is 6.23. The molecule has 38 heavy (non-hydrogen) atoms. The van der Waals surface area contributed by atoms with E-state index in [1.54, 1.807) is 24.3 Å². The number of rotatable bonds is 5. The number of pyridine rings is 1. The van der Waals surface area contributed by atoms with E-state index in [2.05, 4.69) is 4.98 Å². The molecule has 0 aliphatic carbocycles. The van der Waals surface area contributed by atoms with E-state index in [0.717, 1.165) is 6.07 Å². The van der Waals surface area contributed by atoms with E-state index in [1.165, 1.54) is 36.5 Å². The van der Waals surface area contributed by atoms with Crippen LogP contribution >= 0.6 is 0 Å². The van der Waals surface area contributed by atoms with Gasteiger partial charge in [0.05, 0.1) is 19.2 Å². The molecule has 1 aliphatic rings. The molecule has 0 radical (unpaired) electrons. The Balaban J connectivity index is 1.77. The second-order valence-corrected chi connectivity index (χ2v) is 8.66. The SMILES string of the molecule is COc1cccc(OC2CCc3cc(C(O)(C(F)(F)F)C(F)(F)F)ccc3N(C(=O)c3cccnc3)C2)c1. The summed E-state index contributed by atoms with van der Waals surface area (Å²) in [5, 5.41) is 9.90. The predicted octanol–water partition coefficient (Wildman–Crippen LogP) is 5.44. The number of benzene rings is 2. The number of carbonyl (C=O) groups is 1. The van der Waals surface area contributed by atoms with Crippen LogP contribution in [0.15, 0.2) is 67.0 Å². The summed E-state index contributed by atoms with van der Waals surface area (Å²) in [6.07, 6.45) is -9.88. The molecule has 4 rings (SSSR count). The van der Waals surface area contributed by atoms with E-state index in [4.69, 9.17) is 9.47 Å². The number of methoxy groups -OCH3 is 1. The van der Waals surface area contributed by atoms with Crippen molar-refractivity contribution in [3.63, 3.8) is 0 Å². The van der Waals surface area contributed by atoms with Crippen LogP contribution in [0.2, 0.25) is 0 Å². The fraction of sp³-hybridized carbons (Fsp3) is 0.308. The van der Waals surface area contributed by atoms with Crippen molar-refractivity contribution in [2.75, 3.05) is 18.6 Å². The first-order chi connectivity index (χ1) is 17.8. The number of anilines is 1. The number of aliphatic hydroxyl groups is 1. The summed E-state index contributed by atoms with van der Waals surface area (Å²) in [6, 6.07) is 11.8. The van der Waals surface area contributed by atoms with Crippen LogP contribution in [-0.2, 0) is 12.0 Å². The number of nitrogens with zero attached hydrogens (tertiary/aromatic N) is 2. The summed E-state index contributed by atoms with van der Waals surface area (Å²) in [7, 11) is 1.47. The summed E-state index contributed by atoms with van der Waals surface area (Å²) in [4.78, 5) is 18.6. The largest absolute Gasteiger partial charge is 0.497 e. The molecule has 202 valence electrons. The molecule has 2 aromatic carbocycles. The number of halogens is 6. The van der Waals surface area contributed by atoms with Gasteiger partial charge in [-0.1, -0.05) is 18.2 Å². The second-order valence-electron chi connectivity index (χ2n) is 8.66. The molecule has 12 heteroatoms. The molecule has 0 fully saturated rings. The molecule has 0 saturated heterocycles.